The predicted molar refractivity (Wildman–Crippen MR) is 101 cm³/mol. The third-order valence-corrected chi connectivity index (χ3v) is 6.11. The van der Waals surface area contributed by atoms with Gasteiger partial charge in [-0.25, -0.2) is 9.50 Å². The number of hydrogen-bond donors (Lipinski definition) is 0. The fourth-order valence-electron chi connectivity index (χ4n) is 4.83. The van der Waals surface area contributed by atoms with E-state index in [1.165, 1.54) is 0 Å². The zero-order valence-corrected chi connectivity index (χ0v) is 16.3. The van der Waals surface area contributed by atoms with Gasteiger partial charge in [-0.05, 0) is 66.0 Å². The first-order chi connectivity index (χ1) is 12.4. The van der Waals surface area contributed by atoms with E-state index in [1.54, 1.807) is 0 Å². The number of nitrogens with zero attached hydrogens (tertiary/aromatic N) is 5. The first-order valence-corrected chi connectivity index (χ1v) is 9.79. The lowest BCUT2D eigenvalue weighted by molar-refractivity contribution is -0.149. The van der Waals surface area contributed by atoms with E-state index in [1.807, 2.05) is 23.7 Å². The quantitative estimate of drug-likeness (QED) is 0.849. The average Bonchev–Trinajstić information content (AvgIpc) is 3.16. The molecule has 140 valence electrons. The lowest BCUT2D eigenvalue weighted by Gasteiger charge is -2.46. The summed E-state index contributed by atoms with van der Waals surface area (Å²) in [4.78, 5) is 22.5. The van der Waals surface area contributed by atoms with E-state index in [-0.39, 0.29) is 11.6 Å². The van der Waals surface area contributed by atoms with Crippen molar-refractivity contribution >= 4 is 11.6 Å². The van der Waals surface area contributed by atoms with Gasteiger partial charge in [-0.15, -0.1) is 0 Å². The van der Waals surface area contributed by atoms with Crippen molar-refractivity contribution in [2.45, 2.75) is 71.5 Å². The minimum Gasteiger partial charge on any atom is -0.339 e. The minimum absolute atomic E-state index is 0.270. The van der Waals surface area contributed by atoms with Crippen LogP contribution in [0.1, 0.15) is 56.5 Å². The average molecular weight is 355 g/mol. The summed E-state index contributed by atoms with van der Waals surface area (Å²) in [6, 6.07) is 2.32. The van der Waals surface area contributed by atoms with E-state index < -0.39 is 0 Å². The Bertz CT molecular complexity index is 842. The van der Waals surface area contributed by atoms with Gasteiger partial charge in [0.1, 0.15) is 5.54 Å². The van der Waals surface area contributed by atoms with Crippen LogP contribution in [0.25, 0.3) is 5.65 Å². The summed E-state index contributed by atoms with van der Waals surface area (Å²) < 4.78 is 1.91. The second-order valence-corrected chi connectivity index (χ2v) is 8.20. The minimum atomic E-state index is -0.324. The summed E-state index contributed by atoms with van der Waals surface area (Å²) in [6.07, 6.45) is 6.04. The molecule has 2 aromatic heterocycles. The highest BCUT2D eigenvalue weighted by Crippen LogP contribution is 2.40. The smallest absolute Gasteiger partial charge is 0.243 e. The number of carbonyl (C=O) groups excluding carboxylic acids is 1. The second-order valence-electron chi connectivity index (χ2n) is 8.20. The van der Waals surface area contributed by atoms with Gasteiger partial charge in [0.2, 0.25) is 5.91 Å². The summed E-state index contributed by atoms with van der Waals surface area (Å²) in [5, 5.41) is 4.53. The van der Waals surface area contributed by atoms with Gasteiger partial charge < -0.3 is 4.90 Å². The van der Waals surface area contributed by atoms with Crippen LogP contribution in [0, 0.1) is 13.8 Å². The van der Waals surface area contributed by atoms with Gasteiger partial charge in [-0.1, -0.05) is 0 Å². The molecule has 2 aliphatic rings. The number of rotatable bonds is 3. The molecule has 1 unspecified atom stereocenters. The predicted octanol–water partition coefficient (Wildman–Crippen LogP) is 2.71. The number of piperidine rings is 1. The van der Waals surface area contributed by atoms with Crippen LogP contribution in [0.2, 0.25) is 0 Å². The third kappa shape index (κ3) is 2.62. The van der Waals surface area contributed by atoms with Crippen molar-refractivity contribution in [2.24, 2.45) is 0 Å². The van der Waals surface area contributed by atoms with Crippen LogP contribution in [0.4, 0.5) is 0 Å². The molecule has 1 spiro atoms. The van der Waals surface area contributed by atoms with E-state index in [2.05, 4.69) is 35.7 Å². The molecule has 0 saturated carbocycles. The molecule has 1 atom stereocenters. The van der Waals surface area contributed by atoms with Crippen molar-refractivity contribution in [1.29, 1.82) is 0 Å². The molecule has 2 saturated heterocycles. The van der Waals surface area contributed by atoms with Crippen molar-refractivity contribution in [1.82, 2.24) is 24.4 Å². The number of fused-ring (bicyclic) bond motifs is 1. The van der Waals surface area contributed by atoms with Crippen molar-refractivity contribution in [3.63, 3.8) is 0 Å². The van der Waals surface area contributed by atoms with Crippen molar-refractivity contribution in [3.8, 4) is 0 Å². The first kappa shape index (κ1) is 17.5. The Morgan fingerprint density at radius 2 is 1.92 bits per heavy atom. The molecular weight excluding hydrogens is 326 g/mol. The van der Waals surface area contributed by atoms with Gasteiger partial charge in [-0.3, -0.25) is 9.69 Å². The maximum Gasteiger partial charge on any atom is 0.243 e. The highest BCUT2D eigenvalue weighted by atomic mass is 16.2. The molecule has 4 heterocycles. The number of likely N-dealkylation sites (tertiary alicyclic amines) is 2. The van der Waals surface area contributed by atoms with E-state index in [4.69, 9.17) is 4.98 Å². The molecule has 2 aliphatic heterocycles. The monoisotopic (exact) mass is 355 g/mol. The van der Waals surface area contributed by atoms with Gasteiger partial charge in [0, 0.05) is 36.1 Å². The summed E-state index contributed by atoms with van der Waals surface area (Å²) in [5.41, 5.74) is 3.82. The van der Waals surface area contributed by atoms with E-state index >= 15 is 0 Å². The summed E-state index contributed by atoms with van der Waals surface area (Å²) in [5.74, 6) is 0.327. The standard InChI is InChI=1S/C20H29N5O/c1-14(2)24-10-6-8-20(19(24)26)7-5-9-23(20)13-17-12-21-25-16(4)11-15(3)22-18(17)25/h11-12,14H,5-10,13H2,1-4H3. The molecule has 6 heteroatoms. The van der Waals surface area contributed by atoms with E-state index in [0.717, 1.165) is 67.9 Å². The first-order valence-electron chi connectivity index (χ1n) is 9.79. The molecule has 2 fully saturated rings. The second kappa shape index (κ2) is 6.34. The Hall–Kier alpha value is -1.95. The van der Waals surface area contributed by atoms with E-state index in [9.17, 15) is 4.79 Å². The Morgan fingerprint density at radius 1 is 1.19 bits per heavy atom. The Kier molecular flexibility index (Phi) is 4.26. The summed E-state index contributed by atoms with van der Waals surface area (Å²) in [6.45, 7) is 10.9. The number of hydrogen-bond acceptors (Lipinski definition) is 4. The van der Waals surface area contributed by atoms with Crippen LogP contribution < -0.4 is 0 Å². The molecule has 0 aromatic carbocycles. The van der Waals surface area contributed by atoms with Gasteiger partial charge in [0.25, 0.3) is 0 Å². The fraction of sp³-hybridized carbons (Fsp3) is 0.650. The molecule has 0 N–H and O–H groups in total. The third-order valence-electron chi connectivity index (χ3n) is 6.11. The van der Waals surface area contributed by atoms with Crippen LogP contribution in [-0.2, 0) is 11.3 Å². The van der Waals surface area contributed by atoms with Crippen molar-refractivity contribution in [2.75, 3.05) is 13.1 Å². The van der Waals surface area contributed by atoms with Crippen molar-refractivity contribution in [3.05, 3.63) is 29.2 Å². The Morgan fingerprint density at radius 3 is 2.65 bits per heavy atom. The highest BCUT2D eigenvalue weighted by molar-refractivity contribution is 5.87. The largest absolute Gasteiger partial charge is 0.339 e. The lowest BCUT2D eigenvalue weighted by atomic mass is 9.84. The molecule has 0 aliphatic carbocycles. The zero-order valence-electron chi connectivity index (χ0n) is 16.3. The van der Waals surface area contributed by atoms with Crippen molar-refractivity contribution < 1.29 is 4.79 Å². The maximum absolute atomic E-state index is 13.3. The number of aryl methyl sites for hydroxylation is 2. The van der Waals surface area contributed by atoms with Gasteiger partial charge >= 0.3 is 0 Å². The molecule has 4 rings (SSSR count). The van der Waals surface area contributed by atoms with Gasteiger partial charge in [0.15, 0.2) is 5.65 Å². The fourth-order valence-corrected chi connectivity index (χ4v) is 4.83. The molecule has 26 heavy (non-hydrogen) atoms. The van der Waals surface area contributed by atoms with Gasteiger partial charge in [0.05, 0.1) is 6.20 Å². The number of carbonyl (C=O) groups is 1. The lowest BCUT2D eigenvalue weighted by Crippen LogP contribution is -2.61. The summed E-state index contributed by atoms with van der Waals surface area (Å²) in [7, 11) is 0. The topological polar surface area (TPSA) is 53.7 Å². The maximum atomic E-state index is 13.3. The molecule has 1 amide bonds. The highest BCUT2D eigenvalue weighted by Gasteiger charge is 2.51. The molecule has 0 radical (unpaired) electrons. The number of amides is 1. The molecule has 2 aromatic rings. The molecule has 6 nitrogen and oxygen atoms in total. The van der Waals surface area contributed by atoms with E-state index in [0.29, 0.717) is 5.91 Å². The van der Waals surface area contributed by atoms with Crippen LogP contribution in [0.5, 0.6) is 0 Å². The van der Waals surface area contributed by atoms with Crippen LogP contribution in [-0.4, -0.2) is 55.0 Å². The Balaban J connectivity index is 1.67. The van der Waals surface area contributed by atoms with Crippen LogP contribution in [0.15, 0.2) is 12.3 Å². The Labute approximate surface area is 155 Å². The zero-order chi connectivity index (χ0) is 18.5. The molecule has 0 bridgehead atoms. The van der Waals surface area contributed by atoms with Gasteiger partial charge in [-0.2, -0.15) is 5.10 Å². The SMILES string of the molecule is Cc1cc(C)n2ncc(CN3CCCC34CCCN(C(C)C)C4=O)c2n1. The number of aromatic nitrogens is 3. The van der Waals surface area contributed by atoms with Crippen LogP contribution in [0.3, 0.4) is 0 Å². The normalized spacial score (nSPS) is 24.5. The summed E-state index contributed by atoms with van der Waals surface area (Å²) >= 11 is 0. The van der Waals surface area contributed by atoms with Crippen LogP contribution >= 0.6 is 0 Å². The molecular formula is C20H29N5O.